The maximum Gasteiger partial charge on any atom is 0.276 e. The number of likely N-dealkylation sites (tertiary alicyclic amines) is 1. The van der Waals surface area contributed by atoms with Gasteiger partial charge < -0.3 is 19.5 Å². The van der Waals surface area contributed by atoms with E-state index in [0.29, 0.717) is 24.5 Å². The van der Waals surface area contributed by atoms with Gasteiger partial charge in [-0.3, -0.25) is 9.59 Å². The van der Waals surface area contributed by atoms with Gasteiger partial charge >= 0.3 is 0 Å². The molecular weight excluding hydrogens is 346 g/mol. The zero-order valence-electron chi connectivity index (χ0n) is 16.1. The second kappa shape index (κ2) is 7.82. The SMILES string of the molecule is COc1ccc(C2CN(C(=O)c3cc(C(C)C)on3)CC2NC(C)=O)cc1. The van der Waals surface area contributed by atoms with Gasteiger partial charge in [-0.05, 0) is 17.7 Å². The van der Waals surface area contributed by atoms with E-state index in [1.807, 2.05) is 38.1 Å². The van der Waals surface area contributed by atoms with Crippen molar-refractivity contribution in [3.8, 4) is 5.75 Å². The van der Waals surface area contributed by atoms with Crippen LogP contribution in [0.5, 0.6) is 5.75 Å². The van der Waals surface area contributed by atoms with Gasteiger partial charge in [0, 0.05) is 37.9 Å². The van der Waals surface area contributed by atoms with E-state index in [4.69, 9.17) is 9.26 Å². The van der Waals surface area contributed by atoms with E-state index in [-0.39, 0.29) is 29.7 Å². The highest BCUT2D eigenvalue weighted by Gasteiger charge is 2.37. The molecule has 27 heavy (non-hydrogen) atoms. The number of aromatic nitrogens is 1. The van der Waals surface area contributed by atoms with E-state index < -0.39 is 0 Å². The number of carbonyl (C=O) groups is 2. The largest absolute Gasteiger partial charge is 0.497 e. The molecule has 2 unspecified atom stereocenters. The van der Waals surface area contributed by atoms with Crippen molar-refractivity contribution < 1.29 is 18.8 Å². The number of nitrogens with one attached hydrogen (secondary N) is 1. The number of nitrogens with zero attached hydrogens (tertiary/aromatic N) is 2. The summed E-state index contributed by atoms with van der Waals surface area (Å²) in [5.74, 6) is 1.32. The third-order valence-electron chi connectivity index (χ3n) is 4.86. The number of benzene rings is 1. The molecule has 2 atom stereocenters. The Morgan fingerprint density at radius 1 is 1.26 bits per heavy atom. The summed E-state index contributed by atoms with van der Waals surface area (Å²) in [6, 6.07) is 9.25. The Kier molecular flexibility index (Phi) is 5.48. The van der Waals surface area contributed by atoms with Crippen LogP contribution in [0.4, 0.5) is 0 Å². The van der Waals surface area contributed by atoms with Gasteiger partial charge in [0.25, 0.3) is 5.91 Å². The zero-order valence-corrected chi connectivity index (χ0v) is 16.1. The number of ether oxygens (including phenoxy) is 1. The van der Waals surface area contributed by atoms with Gasteiger partial charge in [-0.1, -0.05) is 31.1 Å². The molecule has 1 saturated heterocycles. The molecule has 2 aromatic rings. The number of hydrogen-bond donors (Lipinski definition) is 1. The molecule has 3 rings (SSSR count). The summed E-state index contributed by atoms with van der Waals surface area (Å²) < 4.78 is 10.5. The van der Waals surface area contributed by atoms with Crippen LogP contribution in [-0.2, 0) is 4.79 Å². The maximum absolute atomic E-state index is 12.9. The average Bonchev–Trinajstić information content (AvgIpc) is 3.28. The van der Waals surface area contributed by atoms with Crippen LogP contribution >= 0.6 is 0 Å². The molecule has 7 heteroatoms. The van der Waals surface area contributed by atoms with Crippen LogP contribution in [0.15, 0.2) is 34.9 Å². The monoisotopic (exact) mass is 371 g/mol. The lowest BCUT2D eigenvalue weighted by atomic mass is 9.94. The molecule has 0 radical (unpaired) electrons. The summed E-state index contributed by atoms with van der Waals surface area (Å²) >= 11 is 0. The topological polar surface area (TPSA) is 84.7 Å². The Labute approximate surface area is 158 Å². The van der Waals surface area contributed by atoms with Crippen LogP contribution in [0.1, 0.15) is 54.4 Å². The van der Waals surface area contributed by atoms with Gasteiger partial charge in [0.15, 0.2) is 5.69 Å². The normalized spacial score (nSPS) is 19.4. The number of carbonyl (C=O) groups excluding carboxylic acids is 2. The van der Waals surface area contributed by atoms with Crippen molar-refractivity contribution >= 4 is 11.8 Å². The molecule has 0 aliphatic carbocycles. The van der Waals surface area contributed by atoms with E-state index in [9.17, 15) is 9.59 Å². The molecule has 1 aliphatic rings. The van der Waals surface area contributed by atoms with Gasteiger partial charge in [-0.2, -0.15) is 0 Å². The predicted molar refractivity (Wildman–Crippen MR) is 99.8 cm³/mol. The molecular formula is C20H25N3O4. The van der Waals surface area contributed by atoms with Crippen LogP contribution in [0.3, 0.4) is 0 Å². The fourth-order valence-electron chi connectivity index (χ4n) is 3.39. The lowest BCUT2D eigenvalue weighted by Gasteiger charge is -2.19. The van der Waals surface area contributed by atoms with Crippen molar-refractivity contribution in [3.63, 3.8) is 0 Å². The summed E-state index contributed by atoms with van der Waals surface area (Å²) in [7, 11) is 1.62. The van der Waals surface area contributed by atoms with Gasteiger partial charge in [0.1, 0.15) is 11.5 Å². The predicted octanol–water partition coefficient (Wildman–Crippen LogP) is 2.55. The van der Waals surface area contributed by atoms with Crippen molar-refractivity contribution in [2.24, 2.45) is 0 Å². The molecule has 144 valence electrons. The van der Waals surface area contributed by atoms with E-state index >= 15 is 0 Å². The number of hydrogen-bond acceptors (Lipinski definition) is 5. The summed E-state index contributed by atoms with van der Waals surface area (Å²) in [6.07, 6.45) is 0. The minimum absolute atomic E-state index is 0.000210. The highest BCUT2D eigenvalue weighted by Crippen LogP contribution is 2.30. The average molecular weight is 371 g/mol. The first-order valence-electron chi connectivity index (χ1n) is 9.06. The van der Waals surface area contributed by atoms with E-state index in [2.05, 4.69) is 10.5 Å². The Hall–Kier alpha value is -2.83. The van der Waals surface area contributed by atoms with Crippen molar-refractivity contribution in [1.29, 1.82) is 0 Å². The molecule has 1 N–H and O–H groups in total. The quantitative estimate of drug-likeness (QED) is 0.873. The summed E-state index contributed by atoms with van der Waals surface area (Å²) in [5.41, 5.74) is 1.35. The molecule has 2 heterocycles. The van der Waals surface area contributed by atoms with Crippen LogP contribution in [0.2, 0.25) is 0 Å². The van der Waals surface area contributed by atoms with Gasteiger partial charge in [-0.15, -0.1) is 0 Å². The van der Waals surface area contributed by atoms with Crippen LogP contribution in [0.25, 0.3) is 0 Å². The van der Waals surface area contributed by atoms with E-state index in [1.165, 1.54) is 6.92 Å². The highest BCUT2D eigenvalue weighted by molar-refractivity contribution is 5.92. The fourth-order valence-corrected chi connectivity index (χ4v) is 3.39. The van der Waals surface area contributed by atoms with Crippen molar-refractivity contribution in [2.75, 3.05) is 20.2 Å². The number of amides is 2. The van der Waals surface area contributed by atoms with Gasteiger partial charge in [0.05, 0.1) is 13.2 Å². The molecule has 7 nitrogen and oxygen atoms in total. The fraction of sp³-hybridized carbons (Fsp3) is 0.450. The zero-order chi connectivity index (χ0) is 19.6. The Bertz CT molecular complexity index is 813. The summed E-state index contributed by atoms with van der Waals surface area (Å²) in [5, 5.41) is 6.89. The molecule has 0 bridgehead atoms. The van der Waals surface area contributed by atoms with Crippen LogP contribution < -0.4 is 10.1 Å². The summed E-state index contributed by atoms with van der Waals surface area (Å²) in [6.45, 7) is 6.38. The standard InChI is InChI=1S/C20H25N3O4/c1-12(2)19-9-17(22-27-19)20(25)23-10-16(18(11-23)21-13(3)24)14-5-7-15(26-4)8-6-14/h5-9,12,16,18H,10-11H2,1-4H3,(H,21,24). The molecule has 0 saturated carbocycles. The second-order valence-electron chi connectivity index (χ2n) is 7.17. The Morgan fingerprint density at radius 3 is 2.52 bits per heavy atom. The number of methoxy groups -OCH3 is 1. The Balaban J connectivity index is 1.81. The minimum Gasteiger partial charge on any atom is -0.497 e. The second-order valence-corrected chi connectivity index (χ2v) is 7.17. The number of rotatable bonds is 5. The van der Waals surface area contributed by atoms with Crippen LogP contribution in [0, 0.1) is 0 Å². The molecule has 2 amide bonds. The Morgan fingerprint density at radius 2 is 1.96 bits per heavy atom. The third kappa shape index (κ3) is 4.13. The first-order valence-corrected chi connectivity index (χ1v) is 9.06. The van der Waals surface area contributed by atoms with Crippen molar-refractivity contribution in [2.45, 2.75) is 38.6 Å². The molecule has 0 spiro atoms. The van der Waals surface area contributed by atoms with Gasteiger partial charge in [0.2, 0.25) is 5.91 Å². The lowest BCUT2D eigenvalue weighted by Crippen LogP contribution is -2.39. The third-order valence-corrected chi connectivity index (χ3v) is 4.86. The maximum atomic E-state index is 12.9. The molecule has 1 aromatic heterocycles. The molecule has 1 aromatic carbocycles. The minimum atomic E-state index is -0.183. The first-order chi connectivity index (χ1) is 12.9. The van der Waals surface area contributed by atoms with E-state index in [0.717, 1.165) is 11.3 Å². The lowest BCUT2D eigenvalue weighted by molar-refractivity contribution is -0.119. The summed E-state index contributed by atoms with van der Waals surface area (Å²) in [4.78, 5) is 26.2. The highest BCUT2D eigenvalue weighted by atomic mass is 16.5. The van der Waals surface area contributed by atoms with Crippen molar-refractivity contribution in [3.05, 3.63) is 47.3 Å². The van der Waals surface area contributed by atoms with Gasteiger partial charge in [-0.25, -0.2) is 0 Å². The smallest absolute Gasteiger partial charge is 0.276 e. The van der Waals surface area contributed by atoms with E-state index in [1.54, 1.807) is 18.1 Å². The molecule has 1 fully saturated rings. The first kappa shape index (κ1) is 18.9. The van der Waals surface area contributed by atoms with Crippen LogP contribution in [-0.4, -0.2) is 48.1 Å². The van der Waals surface area contributed by atoms with Crippen molar-refractivity contribution in [1.82, 2.24) is 15.4 Å². The molecule has 1 aliphatic heterocycles.